The van der Waals surface area contributed by atoms with Crippen molar-refractivity contribution in [3.63, 3.8) is 0 Å². The summed E-state index contributed by atoms with van der Waals surface area (Å²) in [6.45, 7) is 7.39. The molecule has 0 bridgehead atoms. The SMILES string of the molecule is C[C@@H](O)CO[C@@H]1CCN(C(=O)OC(C)(C)C)C[C@H]1F. The van der Waals surface area contributed by atoms with Crippen molar-refractivity contribution in [1.29, 1.82) is 0 Å². The maximum Gasteiger partial charge on any atom is 0.410 e. The predicted octanol–water partition coefficient (Wildman–Crippen LogP) is 1.73. The summed E-state index contributed by atoms with van der Waals surface area (Å²) in [7, 11) is 0. The summed E-state index contributed by atoms with van der Waals surface area (Å²) < 4.78 is 24.4. The first-order chi connectivity index (χ1) is 8.69. The van der Waals surface area contributed by atoms with Crippen LogP contribution in [0.3, 0.4) is 0 Å². The second-order valence-electron chi connectivity index (χ2n) is 5.95. The van der Waals surface area contributed by atoms with Crippen LogP contribution >= 0.6 is 0 Å². The van der Waals surface area contributed by atoms with Crippen LogP contribution in [-0.2, 0) is 9.47 Å². The van der Waals surface area contributed by atoms with Gasteiger partial charge in [-0.3, -0.25) is 0 Å². The van der Waals surface area contributed by atoms with Gasteiger partial charge in [0.15, 0.2) is 0 Å². The number of carbonyl (C=O) groups is 1. The van der Waals surface area contributed by atoms with Crippen molar-refractivity contribution in [2.24, 2.45) is 0 Å². The minimum Gasteiger partial charge on any atom is -0.444 e. The molecule has 19 heavy (non-hydrogen) atoms. The van der Waals surface area contributed by atoms with E-state index in [0.29, 0.717) is 13.0 Å². The molecule has 0 aromatic heterocycles. The molecule has 112 valence electrons. The summed E-state index contributed by atoms with van der Waals surface area (Å²) in [5, 5.41) is 9.11. The number of hydrogen-bond acceptors (Lipinski definition) is 4. The molecule has 0 aliphatic carbocycles. The van der Waals surface area contributed by atoms with E-state index in [2.05, 4.69) is 0 Å². The lowest BCUT2D eigenvalue weighted by atomic mass is 10.1. The molecule has 0 saturated carbocycles. The van der Waals surface area contributed by atoms with Crippen molar-refractivity contribution in [2.75, 3.05) is 19.7 Å². The third-order valence-corrected chi connectivity index (χ3v) is 2.68. The molecule has 0 spiro atoms. The average Bonchev–Trinajstić information content (AvgIpc) is 2.24. The number of halogens is 1. The number of hydrogen-bond donors (Lipinski definition) is 1. The fraction of sp³-hybridized carbons (Fsp3) is 0.923. The first-order valence-electron chi connectivity index (χ1n) is 6.60. The van der Waals surface area contributed by atoms with Crippen LogP contribution in [0.2, 0.25) is 0 Å². The van der Waals surface area contributed by atoms with Crippen LogP contribution in [0.1, 0.15) is 34.1 Å². The van der Waals surface area contributed by atoms with Crippen molar-refractivity contribution < 1.29 is 23.8 Å². The van der Waals surface area contributed by atoms with Crippen LogP contribution in [0.5, 0.6) is 0 Å². The molecule has 1 heterocycles. The molecular formula is C13H24FNO4. The van der Waals surface area contributed by atoms with E-state index < -0.39 is 30.1 Å². The van der Waals surface area contributed by atoms with Gasteiger partial charge < -0.3 is 19.5 Å². The summed E-state index contributed by atoms with van der Waals surface area (Å²) >= 11 is 0. The standard InChI is InChI=1S/C13H24FNO4/c1-9(16)8-18-11-5-6-15(7-10(11)14)12(17)19-13(2,3)4/h9-11,16H,5-8H2,1-4H3/t9-,10-,11-/m1/s1. The van der Waals surface area contributed by atoms with Gasteiger partial charge in [-0.05, 0) is 34.1 Å². The lowest BCUT2D eigenvalue weighted by Gasteiger charge is -2.35. The molecule has 1 fully saturated rings. The van der Waals surface area contributed by atoms with Gasteiger partial charge in [-0.1, -0.05) is 0 Å². The number of rotatable bonds is 3. The quantitative estimate of drug-likeness (QED) is 0.853. The number of likely N-dealkylation sites (tertiary alicyclic amines) is 1. The van der Waals surface area contributed by atoms with Crippen molar-refractivity contribution in [1.82, 2.24) is 4.90 Å². The summed E-state index contributed by atoms with van der Waals surface area (Å²) in [5.74, 6) is 0. The van der Waals surface area contributed by atoms with Gasteiger partial charge in [-0.2, -0.15) is 0 Å². The van der Waals surface area contributed by atoms with E-state index in [9.17, 15) is 9.18 Å². The predicted molar refractivity (Wildman–Crippen MR) is 68.7 cm³/mol. The third-order valence-electron chi connectivity index (χ3n) is 2.68. The van der Waals surface area contributed by atoms with Gasteiger partial charge in [-0.15, -0.1) is 0 Å². The number of amides is 1. The molecule has 3 atom stereocenters. The summed E-state index contributed by atoms with van der Waals surface area (Å²) in [5.41, 5.74) is -0.581. The van der Waals surface area contributed by atoms with Crippen molar-refractivity contribution in [2.45, 2.75) is 58.1 Å². The molecule has 0 aromatic rings. The number of aliphatic hydroxyl groups is 1. The Bertz CT molecular complexity index is 304. The highest BCUT2D eigenvalue weighted by molar-refractivity contribution is 5.68. The number of piperidine rings is 1. The highest BCUT2D eigenvalue weighted by Gasteiger charge is 2.34. The van der Waals surface area contributed by atoms with Crippen molar-refractivity contribution in [3.05, 3.63) is 0 Å². The first-order valence-corrected chi connectivity index (χ1v) is 6.60. The van der Waals surface area contributed by atoms with Gasteiger partial charge in [0.1, 0.15) is 11.8 Å². The maximum atomic E-state index is 13.9. The van der Waals surface area contributed by atoms with Crippen LogP contribution in [0, 0.1) is 0 Å². The molecule has 1 amide bonds. The van der Waals surface area contributed by atoms with Gasteiger partial charge in [0.25, 0.3) is 0 Å². The fourth-order valence-corrected chi connectivity index (χ4v) is 1.83. The third kappa shape index (κ3) is 5.74. The molecule has 1 aliphatic heterocycles. The van der Waals surface area contributed by atoms with Crippen LogP contribution in [0.4, 0.5) is 9.18 Å². The minimum atomic E-state index is -1.25. The highest BCUT2D eigenvalue weighted by Crippen LogP contribution is 2.20. The molecule has 0 radical (unpaired) electrons. The van der Waals surface area contributed by atoms with E-state index in [4.69, 9.17) is 14.6 Å². The smallest absolute Gasteiger partial charge is 0.410 e. The molecule has 1 N–H and O–H groups in total. The minimum absolute atomic E-state index is 0.0284. The van der Waals surface area contributed by atoms with E-state index in [1.54, 1.807) is 27.7 Å². The molecule has 5 nitrogen and oxygen atoms in total. The zero-order chi connectivity index (χ0) is 14.6. The largest absolute Gasteiger partial charge is 0.444 e. The molecule has 6 heteroatoms. The summed E-state index contributed by atoms with van der Waals surface area (Å²) in [6.07, 6.45) is -2.51. The number of aliphatic hydroxyl groups excluding tert-OH is 1. The van der Waals surface area contributed by atoms with Gasteiger partial charge >= 0.3 is 6.09 Å². The average molecular weight is 277 g/mol. The number of nitrogens with zero attached hydrogens (tertiary/aromatic N) is 1. The normalized spacial score (nSPS) is 26.1. The van der Waals surface area contributed by atoms with E-state index in [-0.39, 0.29) is 13.2 Å². The Hall–Kier alpha value is -0.880. The lowest BCUT2D eigenvalue weighted by molar-refractivity contribution is -0.0713. The van der Waals surface area contributed by atoms with E-state index >= 15 is 0 Å². The van der Waals surface area contributed by atoms with Crippen LogP contribution in [0.15, 0.2) is 0 Å². The fourth-order valence-electron chi connectivity index (χ4n) is 1.83. The second-order valence-corrected chi connectivity index (χ2v) is 5.95. The van der Waals surface area contributed by atoms with E-state index in [1.807, 2.05) is 0 Å². The van der Waals surface area contributed by atoms with Crippen LogP contribution < -0.4 is 0 Å². The molecule has 0 unspecified atom stereocenters. The Labute approximate surface area is 113 Å². The lowest BCUT2D eigenvalue weighted by Crippen LogP contribution is -2.49. The Balaban J connectivity index is 2.42. The van der Waals surface area contributed by atoms with Gasteiger partial charge in [0.05, 0.1) is 25.4 Å². The Morgan fingerprint density at radius 1 is 1.53 bits per heavy atom. The number of ether oxygens (including phenoxy) is 2. The van der Waals surface area contributed by atoms with Crippen LogP contribution in [0.25, 0.3) is 0 Å². The van der Waals surface area contributed by atoms with E-state index in [0.717, 1.165) is 0 Å². The monoisotopic (exact) mass is 277 g/mol. The Morgan fingerprint density at radius 2 is 2.16 bits per heavy atom. The highest BCUT2D eigenvalue weighted by atomic mass is 19.1. The molecular weight excluding hydrogens is 253 g/mol. The number of carbonyl (C=O) groups excluding carboxylic acids is 1. The van der Waals surface area contributed by atoms with Gasteiger partial charge in [0, 0.05) is 6.54 Å². The van der Waals surface area contributed by atoms with Crippen LogP contribution in [-0.4, -0.2) is 59.8 Å². The molecule has 0 aromatic carbocycles. The Kier molecular flexibility index (Phi) is 5.55. The molecule has 1 saturated heterocycles. The summed E-state index contributed by atoms with van der Waals surface area (Å²) in [4.78, 5) is 13.1. The molecule has 1 rings (SSSR count). The summed E-state index contributed by atoms with van der Waals surface area (Å²) in [6, 6.07) is 0. The topological polar surface area (TPSA) is 59.0 Å². The first kappa shape index (κ1) is 16.2. The maximum absolute atomic E-state index is 13.9. The zero-order valence-corrected chi connectivity index (χ0v) is 12.1. The number of alkyl halides is 1. The van der Waals surface area contributed by atoms with Crippen molar-refractivity contribution in [3.8, 4) is 0 Å². The Morgan fingerprint density at radius 3 is 2.63 bits per heavy atom. The second kappa shape index (κ2) is 6.52. The van der Waals surface area contributed by atoms with Crippen molar-refractivity contribution >= 4 is 6.09 Å². The molecule has 1 aliphatic rings. The van der Waals surface area contributed by atoms with Gasteiger partial charge in [0.2, 0.25) is 0 Å². The zero-order valence-electron chi connectivity index (χ0n) is 12.1. The van der Waals surface area contributed by atoms with Gasteiger partial charge in [-0.25, -0.2) is 9.18 Å². The van der Waals surface area contributed by atoms with E-state index in [1.165, 1.54) is 4.90 Å².